The third-order valence-corrected chi connectivity index (χ3v) is 3.94. The molecule has 0 spiro atoms. The summed E-state index contributed by atoms with van der Waals surface area (Å²) in [6.45, 7) is 3.61. The number of carbonyl (C=O) groups excluding carboxylic acids is 2. The van der Waals surface area contributed by atoms with Crippen LogP contribution in [0.25, 0.3) is 10.8 Å². The summed E-state index contributed by atoms with van der Waals surface area (Å²) in [4.78, 5) is 23.7. The van der Waals surface area contributed by atoms with Crippen molar-refractivity contribution in [2.45, 2.75) is 19.8 Å². The molecular weight excluding hydrogens is 322 g/mol. The Kier molecular flexibility index (Phi) is 5.00. The molecule has 0 aliphatic carbocycles. The standard InChI is InChI=1S/C19H19NO5/c1-2-10-20-11-9-14-12-5-3-4-6-13(12)18-17(23)19(14)25-16(22)8-7-15(21)24-18/h3-8,20,23H,2,9-11H2,1H3/b8-7+. The molecule has 2 bridgehead atoms. The van der Waals surface area contributed by atoms with E-state index in [1.54, 1.807) is 12.1 Å². The van der Waals surface area contributed by atoms with Gasteiger partial charge in [-0.05, 0) is 31.3 Å². The number of nitrogens with one attached hydrogen (secondary N) is 1. The Bertz CT molecular complexity index is 857. The molecule has 0 aromatic heterocycles. The number of rotatable bonds is 5. The number of fused-ring (bicyclic) bond motifs is 4. The van der Waals surface area contributed by atoms with Gasteiger partial charge < -0.3 is 19.9 Å². The zero-order chi connectivity index (χ0) is 17.8. The molecule has 2 aromatic carbocycles. The smallest absolute Gasteiger partial charge is 0.336 e. The van der Waals surface area contributed by atoms with Crippen molar-refractivity contribution in [1.82, 2.24) is 5.32 Å². The second-order valence-corrected chi connectivity index (χ2v) is 5.71. The van der Waals surface area contributed by atoms with Crippen LogP contribution >= 0.6 is 0 Å². The molecule has 6 heteroatoms. The summed E-state index contributed by atoms with van der Waals surface area (Å²) in [6.07, 6.45) is 3.53. The van der Waals surface area contributed by atoms with Crippen molar-refractivity contribution >= 4 is 22.7 Å². The molecule has 6 nitrogen and oxygen atoms in total. The lowest BCUT2D eigenvalue weighted by atomic mass is 9.99. The molecular formula is C19H19NO5. The number of carbonyl (C=O) groups is 2. The van der Waals surface area contributed by atoms with Gasteiger partial charge in [0.25, 0.3) is 0 Å². The predicted molar refractivity (Wildman–Crippen MR) is 92.9 cm³/mol. The molecule has 0 atom stereocenters. The highest BCUT2D eigenvalue weighted by Crippen LogP contribution is 2.46. The van der Waals surface area contributed by atoms with Gasteiger partial charge in [-0.3, -0.25) is 0 Å². The van der Waals surface area contributed by atoms with Crippen LogP contribution in [0.4, 0.5) is 0 Å². The van der Waals surface area contributed by atoms with Crippen LogP contribution in [-0.2, 0) is 16.0 Å². The molecule has 0 saturated heterocycles. The molecule has 1 aliphatic rings. The van der Waals surface area contributed by atoms with Crippen molar-refractivity contribution in [1.29, 1.82) is 0 Å². The van der Waals surface area contributed by atoms with E-state index in [1.807, 2.05) is 12.1 Å². The highest BCUT2D eigenvalue weighted by Gasteiger charge is 2.25. The lowest BCUT2D eigenvalue weighted by Crippen LogP contribution is -2.18. The summed E-state index contributed by atoms with van der Waals surface area (Å²) in [7, 11) is 0. The summed E-state index contributed by atoms with van der Waals surface area (Å²) in [5.41, 5.74) is 0.695. The van der Waals surface area contributed by atoms with Crippen LogP contribution in [0.2, 0.25) is 0 Å². The van der Waals surface area contributed by atoms with Gasteiger partial charge in [0.1, 0.15) is 0 Å². The predicted octanol–water partition coefficient (Wildman–Crippen LogP) is 2.47. The Morgan fingerprint density at radius 3 is 2.28 bits per heavy atom. The topological polar surface area (TPSA) is 84.9 Å². The third-order valence-electron chi connectivity index (χ3n) is 3.94. The van der Waals surface area contributed by atoms with Crippen LogP contribution in [0, 0.1) is 0 Å². The Morgan fingerprint density at radius 1 is 0.960 bits per heavy atom. The fourth-order valence-corrected chi connectivity index (χ4v) is 2.82. The summed E-state index contributed by atoms with van der Waals surface area (Å²) in [5.74, 6) is -1.79. The monoisotopic (exact) mass is 341 g/mol. The minimum Gasteiger partial charge on any atom is -0.502 e. The van der Waals surface area contributed by atoms with Crippen molar-refractivity contribution in [3.05, 3.63) is 42.0 Å². The van der Waals surface area contributed by atoms with Gasteiger partial charge in [0.2, 0.25) is 5.75 Å². The first-order chi connectivity index (χ1) is 12.1. The average molecular weight is 341 g/mol. The van der Waals surface area contributed by atoms with E-state index < -0.39 is 11.9 Å². The molecule has 1 heterocycles. The Balaban J connectivity index is 2.17. The van der Waals surface area contributed by atoms with Gasteiger partial charge in [0.05, 0.1) is 0 Å². The number of phenolic OH excluding ortho intramolecular Hbond substituents is 1. The van der Waals surface area contributed by atoms with Gasteiger partial charge in [-0.2, -0.15) is 0 Å². The van der Waals surface area contributed by atoms with E-state index >= 15 is 0 Å². The van der Waals surface area contributed by atoms with Crippen LogP contribution in [0.1, 0.15) is 18.9 Å². The maximum atomic E-state index is 11.9. The maximum Gasteiger partial charge on any atom is 0.336 e. The van der Waals surface area contributed by atoms with E-state index in [0.717, 1.165) is 30.5 Å². The summed E-state index contributed by atoms with van der Waals surface area (Å²) < 4.78 is 10.6. The molecule has 25 heavy (non-hydrogen) atoms. The van der Waals surface area contributed by atoms with E-state index in [4.69, 9.17) is 9.47 Å². The van der Waals surface area contributed by atoms with Gasteiger partial charge in [-0.1, -0.05) is 31.2 Å². The lowest BCUT2D eigenvalue weighted by Gasteiger charge is -2.17. The minimum absolute atomic E-state index is 0.000201. The number of esters is 2. The maximum absolute atomic E-state index is 11.9. The van der Waals surface area contributed by atoms with Gasteiger partial charge >= 0.3 is 11.9 Å². The van der Waals surface area contributed by atoms with Crippen LogP contribution in [0.15, 0.2) is 36.4 Å². The largest absolute Gasteiger partial charge is 0.502 e. The molecule has 3 rings (SSSR count). The Labute approximate surface area is 145 Å². The third kappa shape index (κ3) is 3.49. The highest BCUT2D eigenvalue weighted by molar-refractivity contribution is 6.02. The van der Waals surface area contributed by atoms with Crippen molar-refractivity contribution in [2.75, 3.05) is 13.1 Å². The van der Waals surface area contributed by atoms with Crippen molar-refractivity contribution < 1.29 is 24.2 Å². The quantitative estimate of drug-likeness (QED) is 0.494. The number of benzene rings is 2. The van der Waals surface area contributed by atoms with E-state index in [-0.39, 0.29) is 17.2 Å². The van der Waals surface area contributed by atoms with E-state index in [9.17, 15) is 14.7 Å². The number of aromatic hydroxyl groups is 1. The van der Waals surface area contributed by atoms with Crippen molar-refractivity contribution in [3.8, 4) is 17.2 Å². The summed E-state index contributed by atoms with van der Waals surface area (Å²) in [5, 5.41) is 15.2. The Hall–Kier alpha value is -2.86. The fourth-order valence-electron chi connectivity index (χ4n) is 2.82. The SMILES string of the molecule is CCCNCCc1c2c(O)c(c3ccccc13)OC(=O)/C=C/C(=O)O2. The number of hydrogen-bond acceptors (Lipinski definition) is 6. The normalized spacial score (nSPS) is 15.1. The van der Waals surface area contributed by atoms with Crippen molar-refractivity contribution in [2.24, 2.45) is 0 Å². The van der Waals surface area contributed by atoms with Crippen LogP contribution in [0.5, 0.6) is 17.2 Å². The molecule has 2 N–H and O–H groups in total. The van der Waals surface area contributed by atoms with Gasteiger partial charge in [0, 0.05) is 23.1 Å². The highest BCUT2D eigenvalue weighted by atomic mass is 16.6. The number of phenols is 1. The van der Waals surface area contributed by atoms with E-state index in [0.29, 0.717) is 23.9 Å². The second-order valence-electron chi connectivity index (χ2n) is 5.71. The Morgan fingerprint density at radius 2 is 1.60 bits per heavy atom. The van der Waals surface area contributed by atoms with Gasteiger partial charge in [0.15, 0.2) is 11.5 Å². The minimum atomic E-state index is -0.748. The van der Waals surface area contributed by atoms with Crippen LogP contribution < -0.4 is 14.8 Å². The zero-order valence-corrected chi connectivity index (χ0v) is 13.9. The summed E-state index contributed by atoms with van der Waals surface area (Å²) in [6, 6.07) is 7.24. The second kappa shape index (κ2) is 7.36. The average Bonchev–Trinajstić information content (AvgIpc) is 2.65. The first-order valence-corrected chi connectivity index (χ1v) is 8.20. The molecule has 0 amide bonds. The van der Waals surface area contributed by atoms with Gasteiger partial charge in [-0.25, -0.2) is 9.59 Å². The molecule has 130 valence electrons. The molecule has 1 aliphatic heterocycles. The van der Waals surface area contributed by atoms with Gasteiger partial charge in [-0.15, -0.1) is 0 Å². The van der Waals surface area contributed by atoms with Crippen LogP contribution in [0.3, 0.4) is 0 Å². The van der Waals surface area contributed by atoms with E-state index in [2.05, 4.69) is 12.2 Å². The first-order valence-electron chi connectivity index (χ1n) is 8.20. The van der Waals surface area contributed by atoms with E-state index in [1.165, 1.54) is 0 Å². The molecule has 0 fully saturated rings. The van der Waals surface area contributed by atoms with Crippen LogP contribution in [-0.4, -0.2) is 30.1 Å². The number of hydrogen-bond donors (Lipinski definition) is 2. The first kappa shape index (κ1) is 17.0. The molecule has 2 aromatic rings. The van der Waals surface area contributed by atoms with Crippen molar-refractivity contribution in [3.63, 3.8) is 0 Å². The molecule has 0 radical (unpaired) electrons. The fraction of sp³-hybridized carbons (Fsp3) is 0.263. The molecule has 0 saturated carbocycles. The summed E-state index contributed by atoms with van der Waals surface area (Å²) >= 11 is 0. The molecule has 0 unspecified atom stereocenters. The number of ether oxygens (including phenoxy) is 2. The lowest BCUT2D eigenvalue weighted by molar-refractivity contribution is -0.131. The zero-order valence-electron chi connectivity index (χ0n) is 13.9.